The Bertz CT molecular complexity index is 123. The molecule has 0 fully saturated rings. The largest absolute Gasteiger partial charge is 0.481 e. The zero-order valence-electron chi connectivity index (χ0n) is 7.88. The Kier molecular flexibility index (Phi) is 6.76. The fourth-order valence-corrected chi connectivity index (χ4v) is 0.974. The van der Waals surface area contributed by atoms with Gasteiger partial charge in [-0.1, -0.05) is 13.8 Å². The van der Waals surface area contributed by atoms with Gasteiger partial charge in [-0.3, -0.25) is 4.79 Å². The number of hydrogen-bond acceptors (Lipinski definition) is 2. The minimum absolute atomic E-state index is 0.234. The van der Waals surface area contributed by atoms with Gasteiger partial charge in [-0.25, -0.2) is 0 Å². The standard InChI is InChI=1S/C9H18O3/c1-3-6-12-7-5-8(4-2)9(10)11/h8H,3-7H2,1-2H3,(H,10,11). The topological polar surface area (TPSA) is 46.5 Å². The van der Waals surface area contributed by atoms with E-state index in [1.54, 1.807) is 0 Å². The number of aliphatic carboxylic acids is 1. The minimum Gasteiger partial charge on any atom is -0.481 e. The van der Waals surface area contributed by atoms with E-state index < -0.39 is 5.97 Å². The van der Waals surface area contributed by atoms with Gasteiger partial charge in [0.2, 0.25) is 0 Å². The molecular weight excluding hydrogens is 156 g/mol. The van der Waals surface area contributed by atoms with E-state index in [1.807, 2.05) is 13.8 Å². The third kappa shape index (κ3) is 5.13. The van der Waals surface area contributed by atoms with E-state index >= 15 is 0 Å². The highest BCUT2D eigenvalue weighted by Gasteiger charge is 2.13. The number of ether oxygens (including phenoxy) is 1. The van der Waals surface area contributed by atoms with Crippen LogP contribution in [0.1, 0.15) is 33.1 Å². The second-order valence-corrected chi connectivity index (χ2v) is 2.84. The van der Waals surface area contributed by atoms with E-state index in [1.165, 1.54) is 0 Å². The van der Waals surface area contributed by atoms with Crippen molar-refractivity contribution >= 4 is 5.97 Å². The third-order valence-electron chi connectivity index (χ3n) is 1.80. The molecule has 3 nitrogen and oxygen atoms in total. The average molecular weight is 174 g/mol. The molecule has 3 heteroatoms. The van der Waals surface area contributed by atoms with Crippen LogP contribution in [0.4, 0.5) is 0 Å². The quantitative estimate of drug-likeness (QED) is 0.600. The first-order valence-corrected chi connectivity index (χ1v) is 4.52. The molecule has 0 amide bonds. The van der Waals surface area contributed by atoms with Gasteiger partial charge in [0.05, 0.1) is 5.92 Å². The van der Waals surface area contributed by atoms with Crippen LogP contribution in [-0.2, 0) is 9.53 Å². The van der Waals surface area contributed by atoms with Gasteiger partial charge in [-0.2, -0.15) is 0 Å². The fraction of sp³-hybridized carbons (Fsp3) is 0.889. The van der Waals surface area contributed by atoms with Crippen LogP contribution in [-0.4, -0.2) is 24.3 Å². The van der Waals surface area contributed by atoms with Gasteiger partial charge in [-0.15, -0.1) is 0 Å². The van der Waals surface area contributed by atoms with Gasteiger partial charge in [0.15, 0.2) is 0 Å². The van der Waals surface area contributed by atoms with Crippen molar-refractivity contribution in [1.29, 1.82) is 0 Å². The molecule has 1 atom stereocenters. The average Bonchev–Trinajstić information content (AvgIpc) is 2.04. The summed E-state index contributed by atoms with van der Waals surface area (Å²) in [6.45, 7) is 5.22. The Morgan fingerprint density at radius 1 is 1.42 bits per heavy atom. The molecule has 0 radical (unpaired) electrons. The molecule has 72 valence electrons. The monoisotopic (exact) mass is 174 g/mol. The first kappa shape index (κ1) is 11.4. The summed E-state index contributed by atoms with van der Waals surface area (Å²) in [6.07, 6.45) is 2.31. The lowest BCUT2D eigenvalue weighted by molar-refractivity contribution is -0.142. The maximum Gasteiger partial charge on any atom is 0.306 e. The smallest absolute Gasteiger partial charge is 0.306 e. The number of rotatable bonds is 7. The summed E-state index contributed by atoms with van der Waals surface area (Å²) in [5.41, 5.74) is 0. The van der Waals surface area contributed by atoms with Crippen molar-refractivity contribution in [1.82, 2.24) is 0 Å². The SMILES string of the molecule is CCCOCCC(CC)C(=O)O. The zero-order valence-corrected chi connectivity index (χ0v) is 7.88. The van der Waals surface area contributed by atoms with Crippen LogP contribution < -0.4 is 0 Å². The number of carboxylic acids is 1. The van der Waals surface area contributed by atoms with Crippen LogP contribution >= 0.6 is 0 Å². The van der Waals surface area contributed by atoms with E-state index in [0.717, 1.165) is 13.0 Å². The summed E-state index contributed by atoms with van der Waals surface area (Å²) in [6, 6.07) is 0. The lowest BCUT2D eigenvalue weighted by atomic mass is 10.0. The molecule has 0 aromatic heterocycles. The van der Waals surface area contributed by atoms with Crippen LogP contribution in [0.15, 0.2) is 0 Å². The number of hydrogen-bond donors (Lipinski definition) is 1. The Balaban J connectivity index is 3.38. The van der Waals surface area contributed by atoms with Crippen molar-refractivity contribution in [2.45, 2.75) is 33.1 Å². The second-order valence-electron chi connectivity index (χ2n) is 2.84. The summed E-state index contributed by atoms with van der Waals surface area (Å²) in [7, 11) is 0. The first-order valence-electron chi connectivity index (χ1n) is 4.52. The molecule has 0 saturated carbocycles. The van der Waals surface area contributed by atoms with E-state index in [0.29, 0.717) is 19.4 Å². The summed E-state index contributed by atoms with van der Waals surface area (Å²) >= 11 is 0. The molecule has 0 saturated heterocycles. The Labute approximate surface area is 73.7 Å². The maximum atomic E-state index is 10.5. The van der Waals surface area contributed by atoms with E-state index in [-0.39, 0.29) is 5.92 Å². The third-order valence-corrected chi connectivity index (χ3v) is 1.80. The highest BCUT2D eigenvalue weighted by molar-refractivity contribution is 5.69. The molecule has 0 heterocycles. The Hall–Kier alpha value is -0.570. The van der Waals surface area contributed by atoms with Crippen molar-refractivity contribution in [3.8, 4) is 0 Å². The van der Waals surface area contributed by atoms with E-state index in [9.17, 15) is 4.79 Å². The Morgan fingerprint density at radius 2 is 2.08 bits per heavy atom. The zero-order chi connectivity index (χ0) is 9.40. The number of carbonyl (C=O) groups is 1. The Morgan fingerprint density at radius 3 is 2.50 bits per heavy atom. The lowest BCUT2D eigenvalue weighted by Gasteiger charge is -2.08. The van der Waals surface area contributed by atoms with Crippen molar-refractivity contribution in [2.75, 3.05) is 13.2 Å². The van der Waals surface area contributed by atoms with Crippen LogP contribution in [0.3, 0.4) is 0 Å². The van der Waals surface area contributed by atoms with Crippen molar-refractivity contribution in [2.24, 2.45) is 5.92 Å². The summed E-state index contributed by atoms with van der Waals surface area (Å²) in [4.78, 5) is 10.5. The number of carboxylic acid groups (broad SMARTS) is 1. The summed E-state index contributed by atoms with van der Waals surface area (Å²) < 4.78 is 5.20. The minimum atomic E-state index is -0.711. The predicted octanol–water partition coefficient (Wildman–Crippen LogP) is 1.91. The normalized spacial score (nSPS) is 12.8. The van der Waals surface area contributed by atoms with Gasteiger partial charge in [0.1, 0.15) is 0 Å². The highest BCUT2D eigenvalue weighted by Crippen LogP contribution is 2.07. The van der Waals surface area contributed by atoms with Crippen LogP contribution in [0.2, 0.25) is 0 Å². The van der Waals surface area contributed by atoms with Crippen molar-refractivity contribution in [3.63, 3.8) is 0 Å². The maximum absolute atomic E-state index is 10.5. The highest BCUT2D eigenvalue weighted by atomic mass is 16.5. The molecule has 0 bridgehead atoms. The van der Waals surface area contributed by atoms with Gasteiger partial charge in [0, 0.05) is 13.2 Å². The van der Waals surface area contributed by atoms with Crippen LogP contribution in [0.25, 0.3) is 0 Å². The molecule has 0 rings (SSSR count). The molecule has 1 unspecified atom stereocenters. The van der Waals surface area contributed by atoms with E-state index in [2.05, 4.69) is 0 Å². The van der Waals surface area contributed by atoms with Gasteiger partial charge < -0.3 is 9.84 Å². The molecule has 0 aliphatic heterocycles. The van der Waals surface area contributed by atoms with Gasteiger partial charge in [0.25, 0.3) is 0 Å². The van der Waals surface area contributed by atoms with Gasteiger partial charge >= 0.3 is 5.97 Å². The molecule has 0 aromatic rings. The predicted molar refractivity (Wildman–Crippen MR) is 47.1 cm³/mol. The van der Waals surface area contributed by atoms with Crippen molar-refractivity contribution in [3.05, 3.63) is 0 Å². The summed E-state index contributed by atoms with van der Waals surface area (Å²) in [5, 5.41) is 8.67. The molecule has 12 heavy (non-hydrogen) atoms. The van der Waals surface area contributed by atoms with Crippen molar-refractivity contribution < 1.29 is 14.6 Å². The van der Waals surface area contributed by atoms with E-state index in [4.69, 9.17) is 9.84 Å². The first-order chi connectivity index (χ1) is 5.72. The lowest BCUT2D eigenvalue weighted by Crippen LogP contribution is -2.15. The van der Waals surface area contributed by atoms with Gasteiger partial charge in [-0.05, 0) is 19.3 Å². The molecule has 1 N–H and O–H groups in total. The molecular formula is C9H18O3. The summed E-state index contributed by atoms with van der Waals surface area (Å²) in [5.74, 6) is -0.945. The molecule has 0 aliphatic carbocycles. The second kappa shape index (κ2) is 7.10. The molecule has 0 aromatic carbocycles. The van der Waals surface area contributed by atoms with Crippen LogP contribution in [0.5, 0.6) is 0 Å². The molecule has 0 spiro atoms. The van der Waals surface area contributed by atoms with Crippen LogP contribution in [0, 0.1) is 5.92 Å². The molecule has 0 aliphatic rings. The fourth-order valence-electron chi connectivity index (χ4n) is 0.974.